The average Bonchev–Trinajstić information content (AvgIpc) is 2.93. The predicted molar refractivity (Wildman–Crippen MR) is 146 cm³/mol. The minimum Gasteiger partial charge on any atom is -0.497 e. The van der Waals surface area contributed by atoms with Crippen LogP contribution >= 0.6 is 0 Å². The second-order valence-electron chi connectivity index (χ2n) is 8.70. The van der Waals surface area contributed by atoms with Crippen LogP contribution in [0.3, 0.4) is 0 Å². The normalized spacial score (nSPS) is 11.8. The molecule has 0 radical (unpaired) electrons. The first-order valence-electron chi connectivity index (χ1n) is 12.0. The van der Waals surface area contributed by atoms with Crippen LogP contribution in [0.4, 0.5) is 5.69 Å². The van der Waals surface area contributed by atoms with E-state index in [4.69, 9.17) is 9.47 Å². The van der Waals surface area contributed by atoms with E-state index >= 15 is 0 Å². The SMILES string of the molecule is CNC(=O)[C@H](C)N(Cc1cccc(OC)c1)C(=O)CN(c1ccc(OCc2ccccc2)cc1)S(C)(=O)=O. The van der Waals surface area contributed by atoms with Crippen molar-refractivity contribution in [2.75, 3.05) is 31.3 Å². The zero-order valence-corrected chi connectivity index (χ0v) is 22.8. The van der Waals surface area contributed by atoms with Gasteiger partial charge in [0.1, 0.15) is 30.7 Å². The molecule has 0 spiro atoms. The van der Waals surface area contributed by atoms with E-state index < -0.39 is 28.5 Å². The molecule has 0 heterocycles. The van der Waals surface area contributed by atoms with Crippen LogP contribution in [0.25, 0.3) is 0 Å². The summed E-state index contributed by atoms with van der Waals surface area (Å²) >= 11 is 0. The van der Waals surface area contributed by atoms with Gasteiger partial charge in [-0.15, -0.1) is 0 Å². The van der Waals surface area contributed by atoms with E-state index in [9.17, 15) is 18.0 Å². The largest absolute Gasteiger partial charge is 0.497 e. The van der Waals surface area contributed by atoms with Crippen molar-refractivity contribution in [2.24, 2.45) is 0 Å². The summed E-state index contributed by atoms with van der Waals surface area (Å²) < 4.78 is 37.5. The van der Waals surface area contributed by atoms with Crippen LogP contribution in [0.1, 0.15) is 18.1 Å². The van der Waals surface area contributed by atoms with E-state index in [2.05, 4.69) is 5.32 Å². The Bertz CT molecular complexity index is 1330. The molecule has 9 nitrogen and oxygen atoms in total. The minimum atomic E-state index is -3.83. The molecule has 0 fully saturated rings. The molecular formula is C28H33N3O6S. The summed E-state index contributed by atoms with van der Waals surface area (Å²) in [4.78, 5) is 27.3. The van der Waals surface area contributed by atoms with Crippen LogP contribution in [-0.4, -0.2) is 58.1 Å². The van der Waals surface area contributed by atoms with Crippen LogP contribution in [0.2, 0.25) is 0 Å². The van der Waals surface area contributed by atoms with Gasteiger partial charge in [-0.2, -0.15) is 0 Å². The Labute approximate surface area is 224 Å². The molecule has 0 saturated carbocycles. The number of carbonyl (C=O) groups is 2. The van der Waals surface area contributed by atoms with Crippen molar-refractivity contribution in [3.8, 4) is 11.5 Å². The Balaban J connectivity index is 1.81. The summed E-state index contributed by atoms with van der Waals surface area (Å²) in [6.07, 6.45) is 1.04. The highest BCUT2D eigenvalue weighted by Gasteiger charge is 2.29. The summed E-state index contributed by atoms with van der Waals surface area (Å²) in [5.74, 6) is 0.269. The molecule has 1 N–H and O–H groups in total. The molecule has 10 heteroatoms. The molecule has 0 aromatic heterocycles. The number of benzene rings is 3. The lowest BCUT2D eigenvalue weighted by molar-refractivity contribution is -0.139. The molecule has 1 atom stereocenters. The molecule has 3 rings (SSSR count). The van der Waals surface area contributed by atoms with Gasteiger partial charge in [-0.3, -0.25) is 13.9 Å². The van der Waals surface area contributed by atoms with Gasteiger partial charge in [-0.1, -0.05) is 42.5 Å². The molecule has 3 aromatic rings. The molecule has 0 aliphatic rings. The zero-order valence-electron chi connectivity index (χ0n) is 22.0. The Morgan fingerprint density at radius 1 is 0.921 bits per heavy atom. The van der Waals surface area contributed by atoms with Gasteiger partial charge in [0.05, 0.1) is 19.1 Å². The fraction of sp³-hybridized carbons (Fsp3) is 0.286. The zero-order chi connectivity index (χ0) is 27.7. The molecule has 202 valence electrons. The first kappa shape index (κ1) is 28.5. The highest BCUT2D eigenvalue weighted by Crippen LogP contribution is 2.23. The van der Waals surface area contributed by atoms with E-state index in [0.29, 0.717) is 23.8 Å². The molecule has 0 aliphatic heterocycles. The third kappa shape index (κ3) is 7.72. The van der Waals surface area contributed by atoms with Gasteiger partial charge in [-0.25, -0.2) is 8.42 Å². The first-order chi connectivity index (χ1) is 18.1. The van der Waals surface area contributed by atoms with Gasteiger partial charge in [0.2, 0.25) is 21.8 Å². The number of sulfonamides is 1. The fourth-order valence-corrected chi connectivity index (χ4v) is 4.67. The van der Waals surface area contributed by atoms with Crippen molar-refractivity contribution >= 4 is 27.5 Å². The average molecular weight is 540 g/mol. The number of nitrogens with zero attached hydrogens (tertiary/aromatic N) is 2. The lowest BCUT2D eigenvalue weighted by Crippen LogP contribution is -2.50. The highest BCUT2D eigenvalue weighted by atomic mass is 32.2. The van der Waals surface area contributed by atoms with Crippen molar-refractivity contribution in [1.29, 1.82) is 0 Å². The second kappa shape index (κ2) is 13.0. The predicted octanol–water partition coefficient (Wildman–Crippen LogP) is 3.20. The first-order valence-corrected chi connectivity index (χ1v) is 13.9. The number of likely N-dealkylation sites (N-methyl/N-ethyl adjacent to an activating group) is 1. The van der Waals surface area contributed by atoms with Gasteiger partial charge in [0.25, 0.3) is 0 Å². The molecule has 3 aromatic carbocycles. The number of hydrogen-bond donors (Lipinski definition) is 1. The summed E-state index contributed by atoms with van der Waals surface area (Å²) in [5.41, 5.74) is 2.04. The highest BCUT2D eigenvalue weighted by molar-refractivity contribution is 7.92. The van der Waals surface area contributed by atoms with Crippen molar-refractivity contribution in [2.45, 2.75) is 26.1 Å². The van der Waals surface area contributed by atoms with Gasteiger partial charge in [0, 0.05) is 13.6 Å². The number of nitrogens with one attached hydrogen (secondary N) is 1. The van der Waals surface area contributed by atoms with Crippen molar-refractivity contribution in [1.82, 2.24) is 10.2 Å². The summed E-state index contributed by atoms with van der Waals surface area (Å²) in [6, 6.07) is 22.4. The van der Waals surface area contributed by atoms with Crippen LogP contribution in [0.5, 0.6) is 11.5 Å². The number of ether oxygens (including phenoxy) is 2. The van der Waals surface area contributed by atoms with Gasteiger partial charge in [-0.05, 0) is 54.4 Å². The van der Waals surface area contributed by atoms with Crippen LogP contribution in [-0.2, 0) is 32.8 Å². The molecule has 0 bridgehead atoms. The van der Waals surface area contributed by atoms with Crippen LogP contribution < -0.4 is 19.1 Å². The van der Waals surface area contributed by atoms with Gasteiger partial charge < -0.3 is 19.7 Å². The van der Waals surface area contributed by atoms with Gasteiger partial charge in [0.15, 0.2) is 0 Å². The number of rotatable bonds is 12. The number of carbonyl (C=O) groups excluding carboxylic acids is 2. The maximum atomic E-state index is 13.5. The Morgan fingerprint density at radius 2 is 1.58 bits per heavy atom. The van der Waals surface area contributed by atoms with Gasteiger partial charge >= 0.3 is 0 Å². The maximum Gasteiger partial charge on any atom is 0.244 e. The van der Waals surface area contributed by atoms with E-state index in [0.717, 1.165) is 21.7 Å². The third-order valence-electron chi connectivity index (χ3n) is 5.95. The molecule has 2 amide bonds. The summed E-state index contributed by atoms with van der Waals surface area (Å²) in [7, 11) is -0.803. The van der Waals surface area contributed by atoms with E-state index in [-0.39, 0.29) is 12.5 Å². The lowest BCUT2D eigenvalue weighted by atomic mass is 10.1. The van der Waals surface area contributed by atoms with Crippen molar-refractivity contribution in [3.63, 3.8) is 0 Å². The standard InChI is InChI=1S/C28H33N3O6S/c1-21(28(33)29-2)30(18-23-11-8-12-26(17-23)36-3)27(32)19-31(38(4,34)35)24-13-15-25(16-14-24)37-20-22-9-6-5-7-10-22/h5-17,21H,18-20H2,1-4H3,(H,29,33)/t21-/m0/s1. The summed E-state index contributed by atoms with van der Waals surface area (Å²) in [6.45, 7) is 1.58. The second-order valence-corrected chi connectivity index (χ2v) is 10.6. The Morgan fingerprint density at radius 3 is 2.18 bits per heavy atom. The number of amides is 2. The smallest absolute Gasteiger partial charge is 0.244 e. The Hall–Kier alpha value is -4.05. The Kier molecular flexibility index (Phi) is 9.72. The molecule has 38 heavy (non-hydrogen) atoms. The van der Waals surface area contributed by atoms with E-state index in [1.165, 1.54) is 19.1 Å². The third-order valence-corrected chi connectivity index (χ3v) is 7.09. The van der Waals surface area contributed by atoms with E-state index in [1.807, 2.05) is 36.4 Å². The van der Waals surface area contributed by atoms with E-state index in [1.54, 1.807) is 49.4 Å². The van der Waals surface area contributed by atoms with Crippen LogP contribution in [0.15, 0.2) is 78.9 Å². The number of hydrogen-bond acceptors (Lipinski definition) is 6. The maximum absolute atomic E-state index is 13.5. The molecule has 0 unspecified atom stereocenters. The lowest BCUT2D eigenvalue weighted by Gasteiger charge is -2.31. The number of methoxy groups -OCH3 is 1. The topological polar surface area (TPSA) is 105 Å². The molecule has 0 aliphatic carbocycles. The molecule has 0 saturated heterocycles. The molecular weight excluding hydrogens is 506 g/mol. The van der Waals surface area contributed by atoms with Crippen molar-refractivity contribution < 1.29 is 27.5 Å². The minimum absolute atomic E-state index is 0.0918. The summed E-state index contributed by atoms with van der Waals surface area (Å²) in [5, 5.41) is 2.55. The quantitative estimate of drug-likeness (QED) is 0.379. The van der Waals surface area contributed by atoms with Crippen LogP contribution in [0, 0.1) is 0 Å². The number of anilines is 1. The fourth-order valence-electron chi connectivity index (χ4n) is 3.82. The monoisotopic (exact) mass is 539 g/mol. The van der Waals surface area contributed by atoms with Crippen molar-refractivity contribution in [3.05, 3.63) is 90.0 Å².